The number of rotatable bonds is 8. The number of furan rings is 1. The van der Waals surface area contributed by atoms with Gasteiger partial charge in [-0.3, -0.25) is 19.5 Å². The van der Waals surface area contributed by atoms with Gasteiger partial charge in [0.15, 0.2) is 5.16 Å². The maximum absolute atomic E-state index is 12.7. The van der Waals surface area contributed by atoms with Crippen LogP contribution in [-0.2, 0) is 9.53 Å². The van der Waals surface area contributed by atoms with Gasteiger partial charge in [0.2, 0.25) is 17.7 Å². The van der Waals surface area contributed by atoms with E-state index < -0.39 is 23.8 Å². The highest BCUT2D eigenvalue weighted by atomic mass is 32.2. The molecular formula is C16H19N7O5S. The number of aryl methyl sites for hydroxylation is 1. The van der Waals surface area contributed by atoms with Gasteiger partial charge in [0.25, 0.3) is 5.91 Å². The Morgan fingerprint density at radius 3 is 2.66 bits per heavy atom. The third-order valence-corrected chi connectivity index (χ3v) is 4.58. The van der Waals surface area contributed by atoms with Crippen molar-refractivity contribution in [3.63, 3.8) is 0 Å². The number of nitriles is 1. The lowest BCUT2D eigenvalue weighted by atomic mass is 10.1. The zero-order chi connectivity index (χ0) is 21.7. The Kier molecular flexibility index (Phi) is 6.84. The lowest BCUT2D eigenvalue weighted by Crippen LogP contribution is -2.26. The number of carbonyl (C=O) groups is 3. The van der Waals surface area contributed by atoms with E-state index in [0.717, 1.165) is 11.8 Å². The predicted molar refractivity (Wildman–Crippen MR) is 102 cm³/mol. The maximum Gasteiger partial charge on any atom is 0.342 e. The molecule has 0 aliphatic rings. The number of nitrogens with one attached hydrogen (secondary N) is 1. The van der Waals surface area contributed by atoms with E-state index >= 15 is 0 Å². The molecular weight excluding hydrogens is 402 g/mol. The first kappa shape index (κ1) is 21.8. The highest BCUT2D eigenvalue weighted by Gasteiger charge is 2.31. The number of amides is 2. The topological polar surface area (TPSA) is 192 Å². The first-order valence-corrected chi connectivity index (χ1v) is 9.32. The second-order valence-electron chi connectivity index (χ2n) is 5.64. The average molecular weight is 421 g/mol. The maximum atomic E-state index is 12.7. The van der Waals surface area contributed by atoms with Gasteiger partial charge in [-0.2, -0.15) is 5.26 Å². The predicted octanol–water partition coefficient (Wildman–Crippen LogP) is 0.853. The molecule has 29 heavy (non-hydrogen) atoms. The van der Waals surface area contributed by atoms with Crippen molar-refractivity contribution in [3.05, 3.63) is 16.9 Å². The minimum absolute atomic E-state index is 0.0361. The van der Waals surface area contributed by atoms with Gasteiger partial charge in [0, 0.05) is 0 Å². The monoisotopic (exact) mass is 421 g/mol. The van der Waals surface area contributed by atoms with Crippen LogP contribution >= 0.6 is 11.8 Å². The lowest BCUT2D eigenvalue weighted by Gasteiger charge is -2.15. The van der Waals surface area contributed by atoms with Crippen LogP contribution in [0.5, 0.6) is 0 Å². The van der Waals surface area contributed by atoms with E-state index in [9.17, 15) is 14.4 Å². The van der Waals surface area contributed by atoms with Crippen LogP contribution in [0, 0.1) is 18.3 Å². The van der Waals surface area contributed by atoms with E-state index in [4.69, 9.17) is 25.9 Å². The molecule has 5 N–H and O–H groups in total. The molecule has 0 saturated carbocycles. The van der Waals surface area contributed by atoms with Crippen LogP contribution in [0.3, 0.4) is 0 Å². The molecule has 0 saturated heterocycles. The van der Waals surface area contributed by atoms with E-state index in [1.165, 1.54) is 18.4 Å². The third kappa shape index (κ3) is 4.49. The van der Waals surface area contributed by atoms with Crippen molar-refractivity contribution in [1.29, 1.82) is 5.26 Å². The molecule has 2 aromatic rings. The molecule has 0 fully saturated rings. The van der Waals surface area contributed by atoms with Gasteiger partial charge in [-0.25, -0.2) is 4.79 Å². The highest BCUT2D eigenvalue weighted by Crippen LogP contribution is 2.29. The number of nitrogens with zero attached hydrogens (tertiary/aromatic N) is 4. The Morgan fingerprint density at radius 1 is 1.38 bits per heavy atom. The van der Waals surface area contributed by atoms with Crippen molar-refractivity contribution in [2.24, 2.45) is 5.73 Å². The van der Waals surface area contributed by atoms with Crippen LogP contribution < -0.4 is 16.8 Å². The van der Waals surface area contributed by atoms with Gasteiger partial charge < -0.3 is 20.6 Å². The molecule has 0 radical (unpaired) electrons. The Morgan fingerprint density at radius 2 is 2.07 bits per heavy atom. The van der Waals surface area contributed by atoms with Gasteiger partial charge in [-0.05, 0) is 20.8 Å². The fraction of sp³-hybridized carbons (Fsp3) is 0.375. The normalized spacial score (nSPS) is 11.5. The Bertz CT molecular complexity index is 991. The fourth-order valence-electron chi connectivity index (χ4n) is 2.50. The van der Waals surface area contributed by atoms with E-state index in [0.29, 0.717) is 0 Å². The van der Waals surface area contributed by atoms with Crippen LogP contribution in [0.1, 0.15) is 46.4 Å². The molecule has 154 valence electrons. The lowest BCUT2D eigenvalue weighted by molar-refractivity contribution is -0.119. The number of nitrogens with two attached hydrogens (primary N) is 2. The summed E-state index contributed by atoms with van der Waals surface area (Å²) >= 11 is 1.05. The molecule has 0 aliphatic carbocycles. The van der Waals surface area contributed by atoms with Crippen molar-refractivity contribution in [2.75, 3.05) is 23.4 Å². The molecule has 2 aromatic heterocycles. The van der Waals surface area contributed by atoms with Gasteiger partial charge in [0.05, 0.1) is 18.4 Å². The molecule has 2 rings (SSSR count). The molecule has 2 amide bonds. The number of carbonyl (C=O) groups excluding carboxylic acids is 3. The number of hydrogen-bond donors (Lipinski definition) is 3. The highest BCUT2D eigenvalue weighted by molar-refractivity contribution is 7.99. The summed E-state index contributed by atoms with van der Waals surface area (Å²) in [4.78, 5) is 36.8. The zero-order valence-electron chi connectivity index (χ0n) is 15.9. The van der Waals surface area contributed by atoms with E-state index in [2.05, 4.69) is 15.5 Å². The molecule has 0 aromatic carbocycles. The first-order chi connectivity index (χ1) is 13.7. The first-order valence-electron chi connectivity index (χ1n) is 8.34. The summed E-state index contributed by atoms with van der Waals surface area (Å²) in [7, 11) is 0. The minimum Gasteiger partial charge on any atom is -0.462 e. The van der Waals surface area contributed by atoms with Gasteiger partial charge >= 0.3 is 5.97 Å². The Hall–Kier alpha value is -3.53. The molecule has 1 unspecified atom stereocenters. The number of ether oxygens (including phenoxy) is 1. The third-order valence-electron chi connectivity index (χ3n) is 3.77. The number of nitrogen functional groups attached to an aromatic ring is 1. The molecule has 1 atom stereocenters. The fourth-order valence-corrected chi connectivity index (χ4v) is 3.18. The van der Waals surface area contributed by atoms with Crippen LogP contribution in [-0.4, -0.2) is 44.9 Å². The summed E-state index contributed by atoms with van der Waals surface area (Å²) in [5, 5.41) is 19.0. The molecule has 0 bridgehead atoms. The number of hydrogen-bond acceptors (Lipinski definition) is 10. The van der Waals surface area contributed by atoms with Crippen molar-refractivity contribution in [2.45, 2.75) is 32.0 Å². The summed E-state index contributed by atoms with van der Waals surface area (Å²) in [5.41, 5.74) is 10.7. The second-order valence-corrected chi connectivity index (χ2v) is 6.59. The van der Waals surface area contributed by atoms with E-state index in [1.807, 2.05) is 6.07 Å². The van der Waals surface area contributed by atoms with Crippen LogP contribution in [0.4, 0.5) is 11.8 Å². The SMILES string of the molecule is CCOC(=O)c1c(C)oc(NC(=O)C(C)n2c(N)nnc2SCC#N)c1C(N)=O. The van der Waals surface area contributed by atoms with Gasteiger partial charge in [-0.15, -0.1) is 10.2 Å². The summed E-state index contributed by atoms with van der Waals surface area (Å²) in [6, 6.07) is 1.01. The summed E-state index contributed by atoms with van der Waals surface area (Å²) in [5.74, 6) is -2.58. The van der Waals surface area contributed by atoms with Crippen molar-refractivity contribution >= 4 is 41.4 Å². The van der Waals surface area contributed by atoms with Crippen molar-refractivity contribution in [1.82, 2.24) is 14.8 Å². The summed E-state index contributed by atoms with van der Waals surface area (Å²) in [6.07, 6.45) is 0. The molecule has 0 spiro atoms. The van der Waals surface area contributed by atoms with E-state index in [1.54, 1.807) is 6.92 Å². The van der Waals surface area contributed by atoms with Gasteiger partial charge in [0.1, 0.15) is 22.9 Å². The van der Waals surface area contributed by atoms with Crippen LogP contribution in [0.15, 0.2) is 9.57 Å². The molecule has 12 nitrogen and oxygen atoms in total. The summed E-state index contributed by atoms with van der Waals surface area (Å²) in [6.45, 7) is 4.63. The van der Waals surface area contributed by atoms with Crippen LogP contribution in [0.25, 0.3) is 0 Å². The smallest absolute Gasteiger partial charge is 0.342 e. The van der Waals surface area contributed by atoms with Crippen molar-refractivity contribution < 1.29 is 23.5 Å². The molecule has 13 heteroatoms. The number of thioether (sulfide) groups is 1. The average Bonchev–Trinajstić information content (AvgIpc) is 3.18. The van der Waals surface area contributed by atoms with Crippen molar-refractivity contribution in [3.8, 4) is 6.07 Å². The molecule has 2 heterocycles. The Balaban J connectivity index is 2.35. The number of primary amides is 1. The molecule has 0 aliphatic heterocycles. The standard InChI is InChI=1S/C16H19N7O5S/c1-4-27-14(26)9-8(3)28-13(10(9)11(18)24)20-12(25)7(2)23-15(19)21-22-16(23)29-6-5-17/h7H,4,6H2,1-3H3,(H2,18,24)(H2,19,21)(H,20,25). The Labute approximate surface area is 169 Å². The second kappa shape index (κ2) is 9.11. The van der Waals surface area contributed by atoms with Gasteiger partial charge in [-0.1, -0.05) is 11.8 Å². The summed E-state index contributed by atoms with van der Waals surface area (Å²) < 4.78 is 11.6. The van der Waals surface area contributed by atoms with E-state index in [-0.39, 0.29) is 46.2 Å². The number of esters is 1. The zero-order valence-corrected chi connectivity index (χ0v) is 16.7. The minimum atomic E-state index is -0.970. The van der Waals surface area contributed by atoms with Crippen LogP contribution in [0.2, 0.25) is 0 Å². The quantitative estimate of drug-likeness (QED) is 0.406. The number of anilines is 2. The largest absolute Gasteiger partial charge is 0.462 e. The number of aromatic nitrogens is 3.